The van der Waals surface area contributed by atoms with Gasteiger partial charge in [-0.1, -0.05) is 0 Å². The zero-order valence-electron chi connectivity index (χ0n) is 10.1. The highest BCUT2D eigenvalue weighted by molar-refractivity contribution is 5.97. The second-order valence-corrected chi connectivity index (χ2v) is 3.86. The van der Waals surface area contributed by atoms with Gasteiger partial charge in [-0.2, -0.15) is 0 Å². The average Bonchev–Trinajstić information content (AvgIpc) is 2.83. The van der Waals surface area contributed by atoms with Crippen molar-refractivity contribution >= 4 is 17.6 Å². The van der Waals surface area contributed by atoms with Crippen LogP contribution >= 0.6 is 0 Å². The molecule has 1 aliphatic rings. The van der Waals surface area contributed by atoms with Gasteiger partial charge in [0, 0.05) is 18.8 Å². The molecule has 0 aliphatic carbocycles. The number of benzene rings is 1. The first kappa shape index (κ1) is 12.2. The summed E-state index contributed by atoms with van der Waals surface area (Å²) < 4.78 is 5.03. The molecular formula is C12H15N3O3. The highest BCUT2D eigenvalue weighted by Crippen LogP contribution is 2.14. The Balaban J connectivity index is 1.86. The highest BCUT2D eigenvalue weighted by Gasteiger charge is 2.25. The van der Waals surface area contributed by atoms with Crippen LogP contribution in [0.3, 0.4) is 0 Å². The molecule has 18 heavy (non-hydrogen) atoms. The molecule has 6 nitrogen and oxygen atoms in total. The van der Waals surface area contributed by atoms with Crippen molar-refractivity contribution < 1.29 is 14.3 Å². The Morgan fingerprint density at radius 2 is 2.17 bits per heavy atom. The highest BCUT2D eigenvalue weighted by atomic mass is 16.5. The summed E-state index contributed by atoms with van der Waals surface area (Å²) in [5.74, 6) is 0.520. The van der Waals surface area contributed by atoms with E-state index < -0.39 is 0 Å². The first-order valence-corrected chi connectivity index (χ1v) is 5.67. The zero-order chi connectivity index (χ0) is 13.0. The van der Waals surface area contributed by atoms with E-state index in [0.717, 1.165) is 11.4 Å². The lowest BCUT2D eigenvalue weighted by molar-refractivity contribution is -0.125. The molecule has 0 unspecified atom stereocenters. The van der Waals surface area contributed by atoms with E-state index in [1.165, 1.54) is 4.90 Å². The van der Waals surface area contributed by atoms with Crippen molar-refractivity contribution in [1.82, 2.24) is 10.2 Å². The van der Waals surface area contributed by atoms with Crippen LogP contribution in [0.25, 0.3) is 0 Å². The minimum atomic E-state index is -0.323. The molecular weight excluding hydrogens is 234 g/mol. The molecule has 0 radical (unpaired) electrons. The molecule has 96 valence electrons. The van der Waals surface area contributed by atoms with Crippen molar-refractivity contribution in [3.05, 3.63) is 24.3 Å². The SMILES string of the molecule is COc1ccc(NCC(=O)N2CCNC2=O)cc1. The summed E-state index contributed by atoms with van der Waals surface area (Å²) in [6.07, 6.45) is 0. The summed E-state index contributed by atoms with van der Waals surface area (Å²) >= 11 is 0. The lowest BCUT2D eigenvalue weighted by Crippen LogP contribution is -2.37. The molecule has 2 N–H and O–H groups in total. The van der Waals surface area contributed by atoms with Crippen molar-refractivity contribution in [2.75, 3.05) is 32.1 Å². The molecule has 1 heterocycles. The number of hydrogen-bond acceptors (Lipinski definition) is 4. The second kappa shape index (κ2) is 5.39. The van der Waals surface area contributed by atoms with E-state index in [1.54, 1.807) is 19.2 Å². The van der Waals surface area contributed by atoms with Gasteiger partial charge in [0.2, 0.25) is 5.91 Å². The fourth-order valence-electron chi connectivity index (χ4n) is 1.69. The number of imide groups is 1. The van der Waals surface area contributed by atoms with E-state index in [1.807, 2.05) is 12.1 Å². The normalized spacial score (nSPS) is 14.3. The van der Waals surface area contributed by atoms with Crippen LogP contribution in [0.5, 0.6) is 5.75 Å². The maximum Gasteiger partial charge on any atom is 0.324 e. The Morgan fingerprint density at radius 1 is 1.44 bits per heavy atom. The van der Waals surface area contributed by atoms with Gasteiger partial charge >= 0.3 is 6.03 Å². The fourth-order valence-corrected chi connectivity index (χ4v) is 1.69. The Kier molecular flexibility index (Phi) is 3.66. The largest absolute Gasteiger partial charge is 0.497 e. The van der Waals surface area contributed by atoms with Crippen LogP contribution in [0.15, 0.2) is 24.3 Å². The number of methoxy groups -OCH3 is 1. The zero-order valence-corrected chi connectivity index (χ0v) is 10.1. The van der Waals surface area contributed by atoms with Gasteiger partial charge in [0.1, 0.15) is 5.75 Å². The van der Waals surface area contributed by atoms with Crippen LogP contribution in [0, 0.1) is 0 Å². The number of anilines is 1. The summed E-state index contributed by atoms with van der Waals surface area (Å²) in [6, 6.07) is 6.91. The third-order valence-electron chi connectivity index (χ3n) is 2.69. The molecule has 0 atom stereocenters. The predicted molar refractivity (Wildman–Crippen MR) is 66.6 cm³/mol. The van der Waals surface area contributed by atoms with Crippen molar-refractivity contribution in [2.24, 2.45) is 0 Å². The van der Waals surface area contributed by atoms with Gasteiger partial charge in [0.15, 0.2) is 0 Å². The minimum Gasteiger partial charge on any atom is -0.497 e. The molecule has 0 saturated carbocycles. The summed E-state index contributed by atoms with van der Waals surface area (Å²) in [5.41, 5.74) is 0.809. The number of nitrogens with one attached hydrogen (secondary N) is 2. The number of hydrogen-bond donors (Lipinski definition) is 2. The molecule has 3 amide bonds. The number of carbonyl (C=O) groups is 2. The van der Waals surface area contributed by atoms with E-state index in [9.17, 15) is 9.59 Å². The van der Waals surface area contributed by atoms with E-state index in [-0.39, 0.29) is 18.5 Å². The van der Waals surface area contributed by atoms with Crippen LogP contribution in [-0.4, -0.2) is 43.6 Å². The number of carbonyl (C=O) groups excluding carboxylic acids is 2. The molecule has 1 saturated heterocycles. The maximum absolute atomic E-state index is 11.7. The van der Waals surface area contributed by atoms with Crippen LogP contribution in [0.4, 0.5) is 10.5 Å². The number of rotatable bonds is 4. The number of ether oxygens (including phenoxy) is 1. The third kappa shape index (κ3) is 2.71. The Morgan fingerprint density at radius 3 is 2.72 bits per heavy atom. The van der Waals surface area contributed by atoms with Crippen LogP contribution in [-0.2, 0) is 4.79 Å². The molecule has 2 rings (SSSR count). The lowest BCUT2D eigenvalue weighted by atomic mass is 10.3. The van der Waals surface area contributed by atoms with Gasteiger partial charge < -0.3 is 15.4 Å². The molecule has 0 bridgehead atoms. The van der Waals surface area contributed by atoms with Gasteiger partial charge in [-0.05, 0) is 24.3 Å². The molecule has 1 aliphatic heterocycles. The first-order valence-electron chi connectivity index (χ1n) is 5.67. The monoisotopic (exact) mass is 249 g/mol. The molecule has 6 heteroatoms. The number of nitrogens with zero attached hydrogens (tertiary/aromatic N) is 1. The Hall–Kier alpha value is -2.24. The number of amides is 3. The fraction of sp³-hybridized carbons (Fsp3) is 0.333. The van der Waals surface area contributed by atoms with Crippen LogP contribution in [0.1, 0.15) is 0 Å². The quantitative estimate of drug-likeness (QED) is 0.822. The van der Waals surface area contributed by atoms with E-state index in [2.05, 4.69) is 10.6 Å². The summed E-state index contributed by atoms with van der Waals surface area (Å²) in [5, 5.41) is 5.55. The standard InChI is InChI=1S/C12H15N3O3/c1-18-10-4-2-9(3-5-10)14-8-11(16)15-7-6-13-12(15)17/h2-5,14H,6-8H2,1H3,(H,13,17). The van der Waals surface area contributed by atoms with E-state index in [0.29, 0.717) is 13.1 Å². The van der Waals surface area contributed by atoms with Crippen LogP contribution < -0.4 is 15.4 Å². The molecule has 0 spiro atoms. The van der Waals surface area contributed by atoms with Crippen molar-refractivity contribution in [3.63, 3.8) is 0 Å². The Labute approximate surface area is 105 Å². The van der Waals surface area contributed by atoms with E-state index >= 15 is 0 Å². The summed E-state index contributed by atoms with van der Waals surface area (Å²) in [7, 11) is 1.60. The first-order chi connectivity index (χ1) is 8.70. The second-order valence-electron chi connectivity index (χ2n) is 3.86. The number of urea groups is 1. The lowest BCUT2D eigenvalue weighted by Gasteiger charge is -2.13. The van der Waals surface area contributed by atoms with Crippen molar-refractivity contribution in [2.45, 2.75) is 0 Å². The maximum atomic E-state index is 11.7. The van der Waals surface area contributed by atoms with Crippen LogP contribution in [0.2, 0.25) is 0 Å². The van der Waals surface area contributed by atoms with Gasteiger partial charge in [-0.25, -0.2) is 4.79 Å². The van der Waals surface area contributed by atoms with Gasteiger partial charge in [0.05, 0.1) is 13.7 Å². The third-order valence-corrected chi connectivity index (χ3v) is 2.69. The molecule has 1 fully saturated rings. The van der Waals surface area contributed by atoms with E-state index in [4.69, 9.17) is 4.74 Å². The Bertz CT molecular complexity index is 444. The smallest absolute Gasteiger partial charge is 0.324 e. The predicted octanol–water partition coefficient (Wildman–Crippen LogP) is 0.659. The topological polar surface area (TPSA) is 70.7 Å². The van der Waals surface area contributed by atoms with Crippen molar-refractivity contribution in [3.8, 4) is 5.75 Å². The van der Waals surface area contributed by atoms with Gasteiger partial charge in [-0.15, -0.1) is 0 Å². The average molecular weight is 249 g/mol. The summed E-state index contributed by atoms with van der Waals surface area (Å²) in [6.45, 7) is 1.05. The molecule has 0 aromatic heterocycles. The van der Waals surface area contributed by atoms with Gasteiger partial charge in [0.25, 0.3) is 0 Å². The van der Waals surface area contributed by atoms with Gasteiger partial charge in [-0.3, -0.25) is 9.69 Å². The minimum absolute atomic E-state index is 0.0970. The summed E-state index contributed by atoms with van der Waals surface area (Å²) in [4.78, 5) is 24.2. The molecule has 1 aromatic carbocycles. The van der Waals surface area contributed by atoms with Crippen molar-refractivity contribution in [1.29, 1.82) is 0 Å². The molecule has 1 aromatic rings.